The van der Waals surface area contributed by atoms with E-state index in [2.05, 4.69) is 5.32 Å². The molecule has 110 valence electrons. The van der Waals surface area contributed by atoms with Crippen LogP contribution in [0.4, 0.5) is 5.69 Å². The molecule has 1 amide bonds. The zero-order valence-corrected chi connectivity index (χ0v) is 12.2. The van der Waals surface area contributed by atoms with Crippen LogP contribution < -0.4 is 5.32 Å². The molecule has 2 aliphatic heterocycles. The topological polar surface area (TPSA) is 75.6 Å². The summed E-state index contributed by atoms with van der Waals surface area (Å²) in [5.74, 6) is -2.81. The Morgan fingerprint density at radius 1 is 1.19 bits per heavy atom. The van der Waals surface area contributed by atoms with E-state index in [4.69, 9.17) is 4.74 Å². The molecule has 5 nitrogen and oxygen atoms in total. The second-order valence-corrected chi connectivity index (χ2v) is 5.88. The maximum Gasteiger partial charge on any atom is 0.310 e. The quantitative estimate of drug-likeness (QED) is 0.657. The molecule has 0 spiro atoms. The van der Waals surface area contributed by atoms with Gasteiger partial charge in [0.05, 0.1) is 23.8 Å². The van der Waals surface area contributed by atoms with Gasteiger partial charge in [0.2, 0.25) is 5.91 Å². The Morgan fingerprint density at radius 3 is 2.52 bits per heavy atom. The van der Waals surface area contributed by atoms with Crippen molar-refractivity contribution < 1.29 is 19.4 Å². The molecule has 1 aromatic carbocycles. The summed E-state index contributed by atoms with van der Waals surface area (Å²) >= 11 is 1.53. The number of carbonyl (C=O) groups is 2. The number of ether oxygens (including phenoxy) is 1. The Bertz CT molecular complexity index is 615. The Hall–Kier alpha value is -1.79. The molecule has 1 fully saturated rings. The molecule has 6 heteroatoms. The monoisotopic (exact) mass is 305 g/mol. The fourth-order valence-corrected chi connectivity index (χ4v) is 3.43. The second-order valence-electron chi connectivity index (χ2n) is 5.03. The van der Waals surface area contributed by atoms with Gasteiger partial charge in [0.25, 0.3) is 0 Å². The van der Waals surface area contributed by atoms with E-state index < -0.39 is 30.0 Å². The predicted molar refractivity (Wildman–Crippen MR) is 79.3 cm³/mol. The molecule has 1 aromatic rings. The summed E-state index contributed by atoms with van der Waals surface area (Å²) in [5, 5.41) is 12.2. The number of rotatable bonds is 4. The summed E-state index contributed by atoms with van der Waals surface area (Å²) in [7, 11) is 0. The number of para-hydroxylation sites is 1. The smallest absolute Gasteiger partial charge is 0.310 e. The fourth-order valence-electron chi connectivity index (χ4n) is 2.88. The van der Waals surface area contributed by atoms with Crippen molar-refractivity contribution in [3.05, 3.63) is 36.4 Å². The molecular weight excluding hydrogens is 290 g/mol. The van der Waals surface area contributed by atoms with Crippen LogP contribution in [0.15, 0.2) is 41.3 Å². The third-order valence-electron chi connectivity index (χ3n) is 3.85. The Balaban J connectivity index is 1.82. The van der Waals surface area contributed by atoms with Crippen LogP contribution in [0.3, 0.4) is 0 Å². The minimum Gasteiger partial charge on any atom is -0.481 e. The standard InChI is InChI=1S/C15H15NO4S/c1-21-11-5-3-2-4-8(11)16-14(17)12-9-6-7-10(20-9)13(12)15(18)19/h2-7,9-10,12-13H,1H3,(H,16,17)(H,18,19)/t9-,10+,12-,13-/m0/s1. The molecule has 0 unspecified atom stereocenters. The van der Waals surface area contributed by atoms with E-state index >= 15 is 0 Å². The lowest BCUT2D eigenvalue weighted by Crippen LogP contribution is -2.39. The largest absolute Gasteiger partial charge is 0.481 e. The Kier molecular flexibility index (Phi) is 3.73. The predicted octanol–water partition coefficient (Wildman–Crippen LogP) is 2.00. The summed E-state index contributed by atoms with van der Waals surface area (Å²) in [4.78, 5) is 24.8. The number of hydrogen-bond donors (Lipinski definition) is 2. The third-order valence-corrected chi connectivity index (χ3v) is 4.65. The SMILES string of the molecule is CSc1ccccc1NC(=O)[C@@H]1[C@@H](C(=O)O)[C@H]2C=C[C@@H]1O2. The van der Waals surface area contributed by atoms with E-state index in [1.54, 1.807) is 12.2 Å². The first-order valence-corrected chi connectivity index (χ1v) is 7.85. The first-order valence-electron chi connectivity index (χ1n) is 6.62. The third kappa shape index (κ3) is 2.45. The molecule has 3 rings (SSSR count). The van der Waals surface area contributed by atoms with Gasteiger partial charge in [-0.1, -0.05) is 24.3 Å². The van der Waals surface area contributed by atoms with E-state index in [0.717, 1.165) is 4.90 Å². The number of fused-ring (bicyclic) bond motifs is 2. The number of nitrogens with one attached hydrogen (secondary N) is 1. The van der Waals surface area contributed by atoms with Gasteiger partial charge in [0.15, 0.2) is 0 Å². The van der Waals surface area contributed by atoms with E-state index in [9.17, 15) is 14.7 Å². The minimum atomic E-state index is -0.995. The van der Waals surface area contributed by atoms with Crippen LogP contribution in [0.5, 0.6) is 0 Å². The van der Waals surface area contributed by atoms with Crippen molar-refractivity contribution in [3.8, 4) is 0 Å². The van der Waals surface area contributed by atoms with Crippen molar-refractivity contribution in [2.24, 2.45) is 11.8 Å². The second kappa shape index (κ2) is 5.54. The van der Waals surface area contributed by atoms with Gasteiger partial charge in [-0.2, -0.15) is 0 Å². The molecule has 0 aliphatic carbocycles. The van der Waals surface area contributed by atoms with Gasteiger partial charge in [-0.15, -0.1) is 11.8 Å². The summed E-state index contributed by atoms with van der Waals surface area (Å²) < 4.78 is 5.52. The molecule has 21 heavy (non-hydrogen) atoms. The van der Waals surface area contributed by atoms with Crippen LogP contribution in [-0.4, -0.2) is 35.4 Å². The van der Waals surface area contributed by atoms with Crippen LogP contribution in [0.25, 0.3) is 0 Å². The van der Waals surface area contributed by atoms with E-state index in [1.165, 1.54) is 11.8 Å². The summed E-state index contributed by atoms with van der Waals surface area (Å²) in [6.07, 6.45) is 4.48. The molecule has 2 N–H and O–H groups in total. The van der Waals surface area contributed by atoms with Gasteiger partial charge in [-0.05, 0) is 18.4 Å². The highest BCUT2D eigenvalue weighted by molar-refractivity contribution is 7.98. The van der Waals surface area contributed by atoms with Crippen LogP contribution >= 0.6 is 11.8 Å². The number of aliphatic carboxylic acids is 1. The van der Waals surface area contributed by atoms with Gasteiger partial charge >= 0.3 is 5.97 Å². The minimum absolute atomic E-state index is 0.305. The first kappa shape index (κ1) is 14.2. The van der Waals surface area contributed by atoms with E-state index in [0.29, 0.717) is 5.69 Å². The van der Waals surface area contributed by atoms with Crippen LogP contribution in [0, 0.1) is 11.8 Å². The van der Waals surface area contributed by atoms with Crippen molar-refractivity contribution >= 4 is 29.3 Å². The Morgan fingerprint density at radius 2 is 1.86 bits per heavy atom. The Labute approximate surface area is 126 Å². The van der Waals surface area contributed by atoms with Gasteiger partial charge < -0.3 is 15.2 Å². The van der Waals surface area contributed by atoms with Gasteiger partial charge in [-0.3, -0.25) is 9.59 Å². The molecule has 2 bridgehead atoms. The van der Waals surface area contributed by atoms with E-state index in [1.807, 2.05) is 30.5 Å². The highest BCUT2D eigenvalue weighted by atomic mass is 32.2. The number of amides is 1. The highest BCUT2D eigenvalue weighted by Gasteiger charge is 2.53. The van der Waals surface area contributed by atoms with Crippen LogP contribution in [-0.2, 0) is 14.3 Å². The van der Waals surface area contributed by atoms with Gasteiger partial charge in [0.1, 0.15) is 5.92 Å². The van der Waals surface area contributed by atoms with E-state index in [-0.39, 0.29) is 5.91 Å². The number of carboxylic acid groups (broad SMARTS) is 1. The van der Waals surface area contributed by atoms with Crippen molar-refractivity contribution in [1.29, 1.82) is 0 Å². The van der Waals surface area contributed by atoms with Crippen LogP contribution in [0.1, 0.15) is 0 Å². The number of benzene rings is 1. The summed E-state index contributed by atoms with van der Waals surface area (Å²) in [6.45, 7) is 0. The highest BCUT2D eigenvalue weighted by Crippen LogP contribution is 2.40. The summed E-state index contributed by atoms with van der Waals surface area (Å²) in [6, 6.07) is 7.45. The zero-order valence-electron chi connectivity index (χ0n) is 11.4. The number of carbonyl (C=O) groups excluding carboxylic acids is 1. The molecule has 0 saturated carbocycles. The number of anilines is 1. The molecular formula is C15H15NO4S. The van der Waals surface area contributed by atoms with Crippen molar-refractivity contribution in [1.82, 2.24) is 0 Å². The van der Waals surface area contributed by atoms with Gasteiger partial charge in [0, 0.05) is 4.90 Å². The molecule has 0 aromatic heterocycles. The van der Waals surface area contributed by atoms with Crippen molar-refractivity contribution in [2.75, 3.05) is 11.6 Å². The average Bonchev–Trinajstić information content (AvgIpc) is 3.08. The zero-order chi connectivity index (χ0) is 15.0. The molecule has 2 aliphatic rings. The number of carboxylic acids is 1. The maximum absolute atomic E-state index is 12.5. The van der Waals surface area contributed by atoms with Crippen molar-refractivity contribution in [2.45, 2.75) is 17.1 Å². The normalized spacial score (nSPS) is 29.6. The molecule has 1 saturated heterocycles. The van der Waals surface area contributed by atoms with Crippen molar-refractivity contribution in [3.63, 3.8) is 0 Å². The first-order chi connectivity index (χ1) is 10.1. The average molecular weight is 305 g/mol. The maximum atomic E-state index is 12.5. The lowest BCUT2D eigenvalue weighted by molar-refractivity contribution is -0.145. The van der Waals surface area contributed by atoms with Gasteiger partial charge in [-0.25, -0.2) is 0 Å². The summed E-state index contributed by atoms with van der Waals surface area (Å²) in [5.41, 5.74) is 0.700. The molecule has 0 radical (unpaired) electrons. The number of thioether (sulfide) groups is 1. The van der Waals surface area contributed by atoms with Crippen LogP contribution in [0.2, 0.25) is 0 Å². The lowest BCUT2D eigenvalue weighted by atomic mass is 9.82. The molecule has 2 heterocycles. The molecule has 4 atom stereocenters. The lowest BCUT2D eigenvalue weighted by Gasteiger charge is -2.21. The number of hydrogen-bond acceptors (Lipinski definition) is 4. The fraction of sp³-hybridized carbons (Fsp3) is 0.333.